The molecule has 0 aromatic heterocycles. The van der Waals surface area contributed by atoms with Crippen LogP contribution in [0.2, 0.25) is 0 Å². The number of carbonyl (C=O) groups excluding carboxylic acids is 2. The number of allylic oxidation sites excluding steroid dienone is 1. The Morgan fingerprint density at radius 2 is 2.11 bits per heavy atom. The monoisotopic (exact) mass is 243 g/mol. The Balaban J connectivity index is 2.11. The molecule has 92 valence electrons. The minimum Gasteiger partial charge on any atom is -0.410 e. The Morgan fingerprint density at radius 1 is 1.39 bits per heavy atom. The lowest BCUT2D eigenvalue weighted by molar-refractivity contribution is -0.115. The van der Waals surface area contributed by atoms with Gasteiger partial charge in [-0.15, -0.1) is 6.58 Å². The second-order valence-corrected chi connectivity index (χ2v) is 3.88. The van der Waals surface area contributed by atoms with Gasteiger partial charge in [0.2, 0.25) is 0 Å². The molecular formula is C14H13NO3. The largest absolute Gasteiger partial charge is 0.419 e. The molecule has 4 nitrogen and oxygen atoms in total. The molecular weight excluding hydrogens is 230 g/mol. The Bertz CT molecular complexity index is 493. The Morgan fingerprint density at radius 3 is 2.78 bits per heavy atom. The van der Waals surface area contributed by atoms with Crippen LogP contribution in [0.4, 0.5) is 4.79 Å². The average Bonchev–Trinajstić information content (AvgIpc) is 2.39. The molecule has 1 aliphatic rings. The number of para-hydroxylation sites is 1. The van der Waals surface area contributed by atoms with Crippen molar-refractivity contribution in [2.75, 3.05) is 0 Å². The fourth-order valence-electron chi connectivity index (χ4n) is 1.68. The van der Waals surface area contributed by atoms with Crippen molar-refractivity contribution in [3.63, 3.8) is 0 Å². The SMILES string of the molecule is C=C[C@H]1CC(=O)C=CN1C(=O)Oc1ccccc1. The van der Waals surface area contributed by atoms with Gasteiger partial charge < -0.3 is 4.74 Å². The normalized spacial score (nSPS) is 18.6. The number of hydrogen-bond acceptors (Lipinski definition) is 3. The first-order chi connectivity index (χ1) is 8.70. The molecule has 1 aromatic rings. The first-order valence-corrected chi connectivity index (χ1v) is 5.59. The zero-order chi connectivity index (χ0) is 13.0. The van der Waals surface area contributed by atoms with E-state index in [2.05, 4.69) is 6.58 Å². The topological polar surface area (TPSA) is 46.6 Å². The third-order valence-electron chi connectivity index (χ3n) is 2.62. The molecule has 1 aromatic carbocycles. The molecule has 4 heteroatoms. The van der Waals surface area contributed by atoms with Crippen LogP contribution < -0.4 is 4.74 Å². The molecule has 1 heterocycles. The van der Waals surface area contributed by atoms with Crippen LogP contribution in [0.5, 0.6) is 5.75 Å². The summed E-state index contributed by atoms with van der Waals surface area (Å²) < 4.78 is 5.20. The van der Waals surface area contributed by atoms with E-state index in [1.54, 1.807) is 30.3 Å². The minimum atomic E-state index is -0.519. The van der Waals surface area contributed by atoms with E-state index < -0.39 is 6.09 Å². The van der Waals surface area contributed by atoms with Crippen molar-refractivity contribution in [3.8, 4) is 5.75 Å². The first-order valence-electron chi connectivity index (χ1n) is 5.59. The third-order valence-corrected chi connectivity index (χ3v) is 2.62. The summed E-state index contributed by atoms with van der Waals surface area (Å²) in [6.45, 7) is 3.62. The quantitative estimate of drug-likeness (QED) is 0.750. The lowest BCUT2D eigenvalue weighted by Gasteiger charge is -2.27. The van der Waals surface area contributed by atoms with Crippen molar-refractivity contribution >= 4 is 11.9 Å². The van der Waals surface area contributed by atoms with Crippen LogP contribution in [0.25, 0.3) is 0 Å². The molecule has 0 unspecified atom stereocenters. The van der Waals surface area contributed by atoms with Gasteiger partial charge in [-0.3, -0.25) is 9.69 Å². The van der Waals surface area contributed by atoms with Gasteiger partial charge in [0.15, 0.2) is 5.78 Å². The number of ether oxygens (including phenoxy) is 1. The van der Waals surface area contributed by atoms with E-state index in [1.807, 2.05) is 6.07 Å². The molecule has 18 heavy (non-hydrogen) atoms. The van der Waals surface area contributed by atoms with Crippen molar-refractivity contribution in [2.45, 2.75) is 12.5 Å². The second-order valence-electron chi connectivity index (χ2n) is 3.88. The maximum absolute atomic E-state index is 11.9. The Kier molecular flexibility index (Phi) is 3.57. The van der Waals surface area contributed by atoms with Gasteiger partial charge in [-0.1, -0.05) is 24.3 Å². The molecule has 0 N–H and O–H groups in total. The van der Waals surface area contributed by atoms with Crippen LogP contribution in [0.3, 0.4) is 0 Å². The van der Waals surface area contributed by atoms with Crippen LogP contribution in [-0.4, -0.2) is 22.8 Å². The van der Waals surface area contributed by atoms with Gasteiger partial charge >= 0.3 is 6.09 Å². The van der Waals surface area contributed by atoms with Gasteiger partial charge in [-0.25, -0.2) is 4.79 Å². The van der Waals surface area contributed by atoms with Crippen LogP contribution in [0, 0.1) is 0 Å². The zero-order valence-electron chi connectivity index (χ0n) is 9.78. The first kappa shape index (κ1) is 12.1. The van der Waals surface area contributed by atoms with Crippen LogP contribution >= 0.6 is 0 Å². The second kappa shape index (κ2) is 5.31. The number of nitrogens with zero attached hydrogens (tertiary/aromatic N) is 1. The number of ketones is 1. The summed E-state index contributed by atoms with van der Waals surface area (Å²) in [6.07, 6.45) is 4.09. The number of benzene rings is 1. The van der Waals surface area contributed by atoms with E-state index >= 15 is 0 Å². The highest BCUT2D eigenvalue weighted by Gasteiger charge is 2.26. The summed E-state index contributed by atoms with van der Waals surface area (Å²) in [5.41, 5.74) is 0. The van der Waals surface area contributed by atoms with Crippen molar-refractivity contribution in [1.82, 2.24) is 4.90 Å². The molecule has 0 bridgehead atoms. The van der Waals surface area contributed by atoms with E-state index in [1.165, 1.54) is 17.2 Å². The Hall–Kier alpha value is -2.36. The van der Waals surface area contributed by atoms with Crippen LogP contribution in [-0.2, 0) is 4.79 Å². The van der Waals surface area contributed by atoms with Gasteiger partial charge in [0, 0.05) is 12.6 Å². The predicted octanol–water partition coefficient (Wildman–Crippen LogP) is 2.53. The molecule has 0 saturated carbocycles. The van der Waals surface area contributed by atoms with Crippen LogP contribution in [0.1, 0.15) is 6.42 Å². The molecule has 0 aliphatic carbocycles. The molecule has 2 rings (SSSR count). The fraction of sp³-hybridized carbons (Fsp3) is 0.143. The Labute approximate surface area is 105 Å². The highest BCUT2D eigenvalue weighted by molar-refractivity contribution is 5.92. The van der Waals surface area contributed by atoms with Gasteiger partial charge in [0.25, 0.3) is 0 Å². The zero-order valence-corrected chi connectivity index (χ0v) is 9.78. The van der Waals surface area contributed by atoms with Gasteiger partial charge in [-0.2, -0.15) is 0 Å². The summed E-state index contributed by atoms with van der Waals surface area (Å²) in [4.78, 5) is 24.5. The number of hydrogen-bond donors (Lipinski definition) is 0. The summed E-state index contributed by atoms with van der Waals surface area (Å²) >= 11 is 0. The lowest BCUT2D eigenvalue weighted by atomic mass is 10.1. The summed E-state index contributed by atoms with van der Waals surface area (Å²) in [6, 6.07) is 8.44. The number of amides is 1. The predicted molar refractivity (Wildman–Crippen MR) is 67.1 cm³/mol. The maximum Gasteiger partial charge on any atom is 0.419 e. The van der Waals surface area contributed by atoms with Crippen molar-refractivity contribution in [1.29, 1.82) is 0 Å². The minimum absolute atomic E-state index is 0.0244. The third kappa shape index (κ3) is 2.66. The lowest BCUT2D eigenvalue weighted by Crippen LogP contribution is -2.40. The van der Waals surface area contributed by atoms with E-state index in [9.17, 15) is 9.59 Å². The molecule has 1 amide bonds. The van der Waals surface area contributed by atoms with E-state index in [0.717, 1.165) is 0 Å². The number of rotatable bonds is 2. The van der Waals surface area contributed by atoms with Gasteiger partial charge in [0.05, 0.1) is 6.04 Å². The van der Waals surface area contributed by atoms with E-state index in [-0.39, 0.29) is 18.2 Å². The van der Waals surface area contributed by atoms with Crippen molar-refractivity contribution in [3.05, 3.63) is 55.3 Å². The fourth-order valence-corrected chi connectivity index (χ4v) is 1.68. The number of carbonyl (C=O) groups is 2. The smallest absolute Gasteiger partial charge is 0.410 e. The molecule has 0 spiro atoms. The summed E-state index contributed by atoms with van der Waals surface area (Å²) in [7, 11) is 0. The molecule has 0 fully saturated rings. The highest BCUT2D eigenvalue weighted by atomic mass is 16.6. The molecule has 1 aliphatic heterocycles. The standard InChI is InChI=1S/C14H13NO3/c1-2-11-10-12(16)8-9-15(11)14(17)18-13-6-4-3-5-7-13/h2-9,11H,1,10H2/t11-/m0/s1. The molecule has 0 radical (unpaired) electrons. The highest BCUT2D eigenvalue weighted by Crippen LogP contribution is 2.17. The summed E-state index contributed by atoms with van der Waals surface area (Å²) in [5, 5.41) is 0. The summed E-state index contributed by atoms with van der Waals surface area (Å²) in [5.74, 6) is 0.444. The van der Waals surface area contributed by atoms with Gasteiger partial charge in [0.1, 0.15) is 5.75 Å². The molecule has 0 saturated heterocycles. The van der Waals surface area contributed by atoms with Crippen molar-refractivity contribution in [2.24, 2.45) is 0 Å². The average molecular weight is 243 g/mol. The molecule has 1 atom stereocenters. The van der Waals surface area contributed by atoms with Crippen molar-refractivity contribution < 1.29 is 14.3 Å². The maximum atomic E-state index is 11.9. The van der Waals surface area contributed by atoms with Gasteiger partial charge in [-0.05, 0) is 18.2 Å². The van der Waals surface area contributed by atoms with E-state index in [4.69, 9.17) is 4.74 Å². The van der Waals surface area contributed by atoms with E-state index in [0.29, 0.717) is 5.75 Å². The van der Waals surface area contributed by atoms with Crippen LogP contribution in [0.15, 0.2) is 55.3 Å².